The summed E-state index contributed by atoms with van der Waals surface area (Å²) in [6, 6.07) is 2.85. The van der Waals surface area contributed by atoms with Crippen LogP contribution in [0.1, 0.15) is 41.3 Å². The van der Waals surface area contributed by atoms with Crippen LogP contribution in [0, 0.1) is 20.8 Å². The molecule has 0 bridgehead atoms. The fraction of sp³-hybridized carbons (Fsp3) is 0.533. The number of aromatic nitrogens is 2. The van der Waals surface area contributed by atoms with Crippen molar-refractivity contribution < 1.29 is 4.42 Å². The molecule has 0 spiro atoms. The lowest BCUT2D eigenvalue weighted by Gasteiger charge is -2.02. The number of rotatable bonds is 5. The van der Waals surface area contributed by atoms with Crippen LogP contribution in [0.3, 0.4) is 0 Å². The van der Waals surface area contributed by atoms with Crippen LogP contribution in [-0.2, 0) is 13.1 Å². The number of nitrogens with one attached hydrogen (secondary N) is 1. The van der Waals surface area contributed by atoms with E-state index in [4.69, 9.17) is 4.42 Å². The molecule has 0 aliphatic heterocycles. The average Bonchev–Trinajstić information content (AvgIpc) is 3.14. The highest BCUT2D eigenvalue weighted by Crippen LogP contribution is 2.23. The zero-order chi connectivity index (χ0) is 14.3. The second-order valence-corrected chi connectivity index (χ2v) is 6.38. The van der Waals surface area contributed by atoms with Crippen molar-refractivity contribution >= 4 is 15.9 Å². The molecule has 1 N–H and O–H groups in total. The van der Waals surface area contributed by atoms with Crippen LogP contribution >= 0.6 is 15.9 Å². The zero-order valence-corrected chi connectivity index (χ0v) is 13.7. The Labute approximate surface area is 127 Å². The number of aryl methyl sites for hydroxylation is 2. The third kappa shape index (κ3) is 2.83. The Morgan fingerprint density at radius 3 is 2.75 bits per heavy atom. The van der Waals surface area contributed by atoms with Gasteiger partial charge in [-0.05, 0) is 55.6 Å². The Bertz CT molecular complexity index is 625. The molecule has 0 atom stereocenters. The third-order valence-electron chi connectivity index (χ3n) is 3.83. The summed E-state index contributed by atoms with van der Waals surface area (Å²) < 4.78 is 8.94. The summed E-state index contributed by atoms with van der Waals surface area (Å²) in [6.07, 6.45) is 2.60. The van der Waals surface area contributed by atoms with Crippen LogP contribution in [0.2, 0.25) is 0 Å². The van der Waals surface area contributed by atoms with Crippen molar-refractivity contribution in [1.82, 2.24) is 15.1 Å². The standard InChI is InChI=1S/C15H20BrN3O/c1-9-15(16)10(2)19(18-9)8-12-6-14(20-11(12)3)7-17-13-4-5-13/h6,13,17H,4-5,7-8H2,1-3H3. The molecule has 1 aliphatic rings. The maximum absolute atomic E-state index is 5.83. The van der Waals surface area contributed by atoms with Gasteiger partial charge in [-0.15, -0.1) is 0 Å². The molecule has 2 heterocycles. The van der Waals surface area contributed by atoms with Gasteiger partial charge in [-0.3, -0.25) is 4.68 Å². The smallest absolute Gasteiger partial charge is 0.118 e. The Hall–Kier alpha value is -1.07. The van der Waals surface area contributed by atoms with Crippen molar-refractivity contribution in [2.24, 2.45) is 0 Å². The molecule has 0 saturated heterocycles. The van der Waals surface area contributed by atoms with Gasteiger partial charge < -0.3 is 9.73 Å². The number of hydrogen-bond donors (Lipinski definition) is 1. The summed E-state index contributed by atoms with van der Waals surface area (Å²) in [5.41, 5.74) is 3.38. The highest BCUT2D eigenvalue weighted by atomic mass is 79.9. The molecule has 4 nitrogen and oxygen atoms in total. The molecule has 20 heavy (non-hydrogen) atoms. The maximum atomic E-state index is 5.83. The van der Waals surface area contributed by atoms with E-state index >= 15 is 0 Å². The summed E-state index contributed by atoms with van der Waals surface area (Å²) in [6.45, 7) is 7.70. The first-order valence-electron chi connectivity index (χ1n) is 7.05. The average molecular weight is 338 g/mol. The fourth-order valence-electron chi connectivity index (χ4n) is 2.35. The van der Waals surface area contributed by atoms with E-state index in [-0.39, 0.29) is 0 Å². The molecule has 5 heteroatoms. The van der Waals surface area contributed by atoms with Crippen molar-refractivity contribution in [2.75, 3.05) is 0 Å². The molecule has 1 aliphatic carbocycles. The molecular formula is C15H20BrN3O. The van der Waals surface area contributed by atoms with Gasteiger partial charge in [-0.1, -0.05) is 0 Å². The van der Waals surface area contributed by atoms with Crippen LogP contribution in [0.25, 0.3) is 0 Å². The maximum Gasteiger partial charge on any atom is 0.118 e. The lowest BCUT2D eigenvalue weighted by atomic mass is 10.2. The topological polar surface area (TPSA) is 43.0 Å². The minimum atomic E-state index is 0.704. The van der Waals surface area contributed by atoms with Gasteiger partial charge in [0.15, 0.2) is 0 Å². The van der Waals surface area contributed by atoms with Crippen LogP contribution in [0.5, 0.6) is 0 Å². The minimum absolute atomic E-state index is 0.704. The lowest BCUT2D eigenvalue weighted by molar-refractivity contribution is 0.457. The molecule has 1 fully saturated rings. The van der Waals surface area contributed by atoms with Gasteiger partial charge >= 0.3 is 0 Å². The molecule has 108 valence electrons. The summed E-state index contributed by atoms with van der Waals surface area (Å²) in [5.74, 6) is 2.01. The molecular weight excluding hydrogens is 318 g/mol. The van der Waals surface area contributed by atoms with Gasteiger partial charge in [-0.2, -0.15) is 5.10 Å². The zero-order valence-electron chi connectivity index (χ0n) is 12.2. The van der Waals surface area contributed by atoms with Crippen LogP contribution in [0.4, 0.5) is 0 Å². The highest BCUT2D eigenvalue weighted by Gasteiger charge is 2.21. The van der Waals surface area contributed by atoms with E-state index in [0.29, 0.717) is 6.04 Å². The molecule has 3 rings (SSSR count). The summed E-state index contributed by atoms with van der Waals surface area (Å²) in [5, 5.41) is 8.03. The molecule has 0 radical (unpaired) electrons. The lowest BCUT2D eigenvalue weighted by Crippen LogP contribution is -2.14. The first-order valence-corrected chi connectivity index (χ1v) is 7.85. The second-order valence-electron chi connectivity index (χ2n) is 5.59. The van der Waals surface area contributed by atoms with Gasteiger partial charge in [-0.25, -0.2) is 0 Å². The van der Waals surface area contributed by atoms with Gasteiger partial charge in [0, 0.05) is 11.6 Å². The number of furan rings is 1. The largest absolute Gasteiger partial charge is 0.465 e. The Kier molecular flexibility index (Phi) is 3.73. The van der Waals surface area contributed by atoms with E-state index in [2.05, 4.69) is 39.3 Å². The van der Waals surface area contributed by atoms with Crippen LogP contribution in [0.15, 0.2) is 15.0 Å². The van der Waals surface area contributed by atoms with E-state index in [1.165, 1.54) is 18.4 Å². The molecule has 2 aromatic heterocycles. The van der Waals surface area contributed by atoms with Crippen molar-refractivity contribution in [2.45, 2.75) is 52.7 Å². The first kappa shape index (κ1) is 13.9. The van der Waals surface area contributed by atoms with E-state index in [0.717, 1.165) is 40.5 Å². The number of nitrogens with zero attached hydrogens (tertiary/aromatic N) is 2. The van der Waals surface area contributed by atoms with E-state index in [9.17, 15) is 0 Å². The van der Waals surface area contributed by atoms with Gasteiger partial charge in [0.05, 0.1) is 29.0 Å². The quantitative estimate of drug-likeness (QED) is 0.908. The van der Waals surface area contributed by atoms with Gasteiger partial charge in [0.2, 0.25) is 0 Å². The number of hydrogen-bond acceptors (Lipinski definition) is 3. The Balaban J connectivity index is 1.74. The minimum Gasteiger partial charge on any atom is -0.465 e. The first-order chi connectivity index (χ1) is 9.54. The third-order valence-corrected chi connectivity index (χ3v) is 4.97. The van der Waals surface area contributed by atoms with Crippen molar-refractivity contribution in [3.63, 3.8) is 0 Å². The Morgan fingerprint density at radius 2 is 2.15 bits per heavy atom. The highest BCUT2D eigenvalue weighted by molar-refractivity contribution is 9.10. The summed E-state index contributed by atoms with van der Waals surface area (Å²) >= 11 is 3.57. The predicted octanol–water partition coefficient (Wildman–Crippen LogP) is 3.46. The summed E-state index contributed by atoms with van der Waals surface area (Å²) in [4.78, 5) is 0. The van der Waals surface area contributed by atoms with Gasteiger partial charge in [0.25, 0.3) is 0 Å². The molecule has 0 aromatic carbocycles. The second kappa shape index (κ2) is 5.37. The molecule has 0 unspecified atom stereocenters. The van der Waals surface area contributed by atoms with Crippen LogP contribution in [-0.4, -0.2) is 15.8 Å². The molecule has 2 aromatic rings. The van der Waals surface area contributed by atoms with Crippen molar-refractivity contribution in [1.29, 1.82) is 0 Å². The van der Waals surface area contributed by atoms with Gasteiger partial charge in [0.1, 0.15) is 11.5 Å². The SMILES string of the molecule is Cc1nn(Cc2cc(CNC3CC3)oc2C)c(C)c1Br. The van der Waals surface area contributed by atoms with E-state index < -0.39 is 0 Å². The number of halogens is 1. The van der Waals surface area contributed by atoms with E-state index in [1.54, 1.807) is 0 Å². The monoisotopic (exact) mass is 337 g/mol. The van der Waals surface area contributed by atoms with Crippen LogP contribution < -0.4 is 5.32 Å². The molecule has 0 amide bonds. The summed E-state index contributed by atoms with van der Waals surface area (Å²) in [7, 11) is 0. The van der Waals surface area contributed by atoms with Crippen molar-refractivity contribution in [3.8, 4) is 0 Å². The normalized spacial score (nSPS) is 15.0. The fourth-order valence-corrected chi connectivity index (χ4v) is 2.64. The Morgan fingerprint density at radius 1 is 1.40 bits per heavy atom. The molecule has 1 saturated carbocycles. The van der Waals surface area contributed by atoms with Crippen molar-refractivity contribution in [3.05, 3.63) is 39.0 Å². The van der Waals surface area contributed by atoms with E-state index in [1.807, 2.05) is 18.5 Å². The predicted molar refractivity (Wildman–Crippen MR) is 81.8 cm³/mol.